The molecule has 0 radical (unpaired) electrons. The third-order valence-corrected chi connectivity index (χ3v) is 11.9. The van der Waals surface area contributed by atoms with Gasteiger partial charge in [-0.15, -0.1) is 23.1 Å². The van der Waals surface area contributed by atoms with Crippen LogP contribution in [0.2, 0.25) is 5.02 Å². The Labute approximate surface area is 314 Å². The van der Waals surface area contributed by atoms with Crippen molar-refractivity contribution in [2.75, 3.05) is 44.2 Å². The highest BCUT2D eigenvalue weighted by Gasteiger charge is 2.52. The first-order valence-corrected chi connectivity index (χ1v) is 18.9. The number of thioether (sulfide) groups is 1. The van der Waals surface area contributed by atoms with Crippen LogP contribution in [-0.2, 0) is 24.0 Å². The number of carboxylic acid groups (broad SMARTS) is 2. The molecular formula is C34H43ClN6O9S2. The summed E-state index contributed by atoms with van der Waals surface area (Å²) in [4.78, 5) is 70.7. The minimum atomic E-state index is -1.71. The fourth-order valence-electron chi connectivity index (χ4n) is 6.07. The van der Waals surface area contributed by atoms with Crippen molar-refractivity contribution >= 4 is 75.1 Å². The van der Waals surface area contributed by atoms with Gasteiger partial charge in [0, 0.05) is 30.4 Å². The number of likely N-dealkylation sites (tertiary alicyclic amines) is 1. The number of oxime groups is 1. The Morgan fingerprint density at radius 2 is 1.90 bits per heavy atom. The molecule has 18 heteroatoms. The molecule has 3 aliphatic rings. The average molecular weight is 779 g/mol. The summed E-state index contributed by atoms with van der Waals surface area (Å²) in [5.74, 6) is -4.45. The Morgan fingerprint density at radius 1 is 1.23 bits per heavy atom. The van der Waals surface area contributed by atoms with Crippen LogP contribution in [0.5, 0.6) is 5.75 Å². The van der Waals surface area contributed by atoms with E-state index in [4.69, 9.17) is 22.2 Å². The number of carbonyl (C=O) groups is 5. The van der Waals surface area contributed by atoms with Crippen molar-refractivity contribution in [1.29, 1.82) is 0 Å². The number of aliphatic carboxylic acids is 2. The molecule has 0 spiro atoms. The van der Waals surface area contributed by atoms with Gasteiger partial charge < -0.3 is 40.5 Å². The number of fused-ring (bicyclic) bond motifs is 1. The van der Waals surface area contributed by atoms with Crippen molar-refractivity contribution in [3.63, 3.8) is 0 Å². The lowest BCUT2D eigenvalue weighted by Gasteiger charge is -2.50. The van der Waals surface area contributed by atoms with Crippen LogP contribution in [0.15, 0.2) is 33.9 Å². The molecule has 5 rings (SSSR count). The van der Waals surface area contributed by atoms with E-state index in [0.717, 1.165) is 33.8 Å². The number of nitrogens with zero attached hydrogens (tertiary/aromatic N) is 4. The number of aryl methyl sites for hydroxylation is 1. The topological polar surface area (TPSA) is 225 Å². The van der Waals surface area contributed by atoms with Crippen molar-refractivity contribution in [3.8, 4) is 5.75 Å². The lowest BCUT2D eigenvalue weighted by atomic mass is 9.89. The molecule has 0 aliphatic carbocycles. The Hall–Kier alpha value is -4.19. The number of likely N-dealkylation sites (N-methyl/N-ethyl adjacent to an activating group) is 1. The van der Waals surface area contributed by atoms with E-state index in [1.165, 1.54) is 56.9 Å². The zero-order chi connectivity index (χ0) is 38.5. The number of carboxylic acids is 2. The number of β-lactam (4-membered cyclic amide) rings is 1. The summed E-state index contributed by atoms with van der Waals surface area (Å²) in [6.07, 6.45) is 2.28. The molecule has 2 amide bonds. The minimum absolute atomic E-state index is 0.0130. The van der Waals surface area contributed by atoms with Crippen LogP contribution >= 0.6 is 34.7 Å². The van der Waals surface area contributed by atoms with Crippen molar-refractivity contribution in [2.24, 2.45) is 11.1 Å². The van der Waals surface area contributed by atoms with Gasteiger partial charge >= 0.3 is 5.97 Å². The number of benzene rings is 1. The molecular weight excluding hydrogens is 736 g/mol. The molecule has 52 heavy (non-hydrogen) atoms. The summed E-state index contributed by atoms with van der Waals surface area (Å²) in [5, 5.41) is 38.3. The highest BCUT2D eigenvalue weighted by atomic mass is 35.5. The molecule has 0 saturated carbocycles. The number of aromatic hydroxyl groups is 1. The molecule has 2 atom stereocenters. The van der Waals surface area contributed by atoms with Crippen LogP contribution in [0.4, 0.5) is 5.13 Å². The van der Waals surface area contributed by atoms with Gasteiger partial charge in [0.05, 0.1) is 66.3 Å². The standard InChI is InChI=1S/C18H20N4O7S2.C16H23ClN2O2/c1-7-5-30-14-8(13(24)22(14)12(7)15(25)26)4-10(23)11(9-6-31-17(19)20-9)21-29-18(2,3)16(27)28;1-3-19(9-4-5-10-19)11-8-18-16(21)13-7-6-12(2)15(20)14(13)17/h6,8,14H,4-5H2,1-3H3,(H2,19,20)(H,25,26)(H,27,28);6-7H,3-5,8-11H2,1-2H3,(H-,18,20,21)/b21-11-;/t8-,14-;/m1./s1. The third-order valence-electron chi connectivity index (χ3n) is 9.40. The van der Waals surface area contributed by atoms with E-state index in [9.17, 15) is 39.3 Å². The second-order valence-corrected chi connectivity index (χ2v) is 15.7. The zero-order valence-corrected chi connectivity index (χ0v) is 32.0. The molecule has 2 saturated heterocycles. The normalized spacial score (nSPS) is 19.6. The molecule has 0 unspecified atom stereocenters. The number of anilines is 1. The quantitative estimate of drug-likeness (QED) is 0.0997. The maximum Gasteiger partial charge on any atom is 0.350 e. The van der Waals surface area contributed by atoms with Crippen molar-refractivity contribution in [3.05, 3.63) is 50.6 Å². The third kappa shape index (κ3) is 8.87. The molecule has 1 aromatic heterocycles. The zero-order valence-electron chi connectivity index (χ0n) is 29.6. The number of carbonyl (C=O) groups excluding carboxylic acids is 4. The van der Waals surface area contributed by atoms with E-state index in [0.29, 0.717) is 29.0 Å². The average Bonchev–Trinajstić information content (AvgIpc) is 3.75. The smallest absolute Gasteiger partial charge is 0.350 e. The van der Waals surface area contributed by atoms with Crippen molar-refractivity contribution < 1.29 is 48.6 Å². The minimum Gasteiger partial charge on any atom is -0.543 e. The molecule has 15 nitrogen and oxygen atoms in total. The number of thiazole rings is 1. The van der Waals surface area contributed by atoms with E-state index in [1.807, 2.05) is 0 Å². The molecule has 5 N–H and O–H groups in total. The van der Waals surface area contributed by atoms with Crippen molar-refractivity contribution in [1.82, 2.24) is 15.2 Å². The number of quaternary nitrogens is 1. The Bertz CT molecular complexity index is 1800. The first-order chi connectivity index (χ1) is 24.4. The van der Waals surface area contributed by atoms with Crippen LogP contribution in [0, 0.1) is 12.8 Å². The molecule has 2 aromatic rings. The van der Waals surface area contributed by atoms with Crippen molar-refractivity contribution in [2.45, 2.75) is 64.9 Å². The number of nitrogens with two attached hydrogens (primary N) is 1. The first kappa shape index (κ1) is 40.6. The Balaban J connectivity index is 0.000000251. The van der Waals surface area contributed by atoms with E-state index in [1.54, 1.807) is 26.0 Å². The SMILES string of the molecule is CC1=C(C(=O)[O-])N2C(=O)[C@@H](CC(=O)/C(=N\OC(C)(C)C(=O)O)c3csc(N)n3)[C@H]2SC1.CC[N+]1(CCNC(=O)c2ccc(C)c(O)c2Cl)CCCC1. The maximum absolute atomic E-state index is 13.0. The fourth-order valence-corrected chi connectivity index (χ4v) is 8.28. The number of phenolic OH excluding ortho intramolecular Hbond substituents is 1. The predicted molar refractivity (Wildman–Crippen MR) is 195 cm³/mol. The monoisotopic (exact) mass is 778 g/mol. The number of amides is 2. The Kier molecular flexibility index (Phi) is 13.0. The van der Waals surface area contributed by atoms with E-state index >= 15 is 0 Å². The van der Waals surface area contributed by atoms with Crippen LogP contribution in [0.25, 0.3) is 0 Å². The number of hydrogen-bond acceptors (Lipinski definition) is 13. The number of ketones is 1. The summed E-state index contributed by atoms with van der Waals surface area (Å²) < 4.78 is 1.09. The lowest BCUT2D eigenvalue weighted by Crippen LogP contribution is -2.63. The van der Waals surface area contributed by atoms with E-state index in [2.05, 4.69) is 22.4 Å². The van der Waals surface area contributed by atoms with E-state index < -0.39 is 40.5 Å². The van der Waals surface area contributed by atoms with Gasteiger partial charge in [0.1, 0.15) is 11.4 Å². The second-order valence-electron chi connectivity index (χ2n) is 13.4. The van der Waals surface area contributed by atoms with Gasteiger partial charge in [-0.05, 0) is 51.8 Å². The molecule has 3 aliphatic heterocycles. The summed E-state index contributed by atoms with van der Waals surface area (Å²) in [7, 11) is 0. The predicted octanol–water partition coefficient (Wildman–Crippen LogP) is 2.54. The number of rotatable bonds is 13. The van der Waals surface area contributed by atoms with Gasteiger partial charge in [0.2, 0.25) is 11.5 Å². The number of phenols is 1. The fraction of sp³-hybridized carbons (Fsp3) is 0.500. The molecule has 4 heterocycles. The summed E-state index contributed by atoms with van der Waals surface area (Å²) in [6, 6.07) is 3.36. The number of nitrogen functional groups attached to an aromatic ring is 1. The van der Waals surface area contributed by atoms with E-state index in [-0.39, 0.29) is 45.3 Å². The van der Waals surface area contributed by atoms with Crippen LogP contribution in [0.1, 0.15) is 68.6 Å². The largest absolute Gasteiger partial charge is 0.543 e. The van der Waals surface area contributed by atoms with Crippen LogP contribution in [0.3, 0.4) is 0 Å². The van der Waals surface area contributed by atoms with Crippen LogP contribution < -0.4 is 16.2 Å². The lowest BCUT2D eigenvalue weighted by molar-refractivity contribution is -0.913. The van der Waals surface area contributed by atoms with Gasteiger partial charge in [-0.1, -0.05) is 22.8 Å². The molecule has 1 aromatic carbocycles. The number of aromatic nitrogens is 1. The van der Waals surface area contributed by atoms with Gasteiger partial charge in [-0.3, -0.25) is 19.3 Å². The highest BCUT2D eigenvalue weighted by Crippen LogP contribution is 2.45. The van der Waals surface area contributed by atoms with Crippen LogP contribution in [-0.4, -0.2) is 109 Å². The second kappa shape index (κ2) is 16.7. The molecule has 282 valence electrons. The number of nitrogens with one attached hydrogen (secondary N) is 1. The summed E-state index contributed by atoms with van der Waals surface area (Å²) in [5.41, 5.74) is 5.12. The number of halogens is 1. The van der Waals surface area contributed by atoms with Gasteiger partial charge in [-0.2, -0.15) is 0 Å². The van der Waals surface area contributed by atoms with Gasteiger partial charge in [0.25, 0.3) is 5.91 Å². The molecule has 0 bridgehead atoms. The Morgan fingerprint density at radius 3 is 2.48 bits per heavy atom. The first-order valence-electron chi connectivity index (χ1n) is 16.6. The van der Waals surface area contributed by atoms with Gasteiger partial charge in [0.15, 0.2) is 16.6 Å². The molecule has 2 fully saturated rings. The number of hydrogen-bond donors (Lipinski definition) is 4. The summed E-state index contributed by atoms with van der Waals surface area (Å²) >= 11 is 8.45. The number of Topliss-reactive ketones (excluding diaryl/α,β-unsaturated/α-hetero) is 1. The van der Waals surface area contributed by atoms with Gasteiger partial charge in [-0.25, -0.2) is 9.78 Å². The maximum atomic E-state index is 13.0. The summed E-state index contributed by atoms with van der Waals surface area (Å²) in [6.45, 7) is 13.2. The highest BCUT2D eigenvalue weighted by molar-refractivity contribution is 8.00.